The maximum atomic E-state index is 11.9. The van der Waals surface area contributed by atoms with Crippen LogP contribution in [-0.4, -0.2) is 21.7 Å². The molecular weight excluding hydrogens is 344 g/mol. The summed E-state index contributed by atoms with van der Waals surface area (Å²) in [5.74, 6) is 0.136. The molecular formula is C17H15BrN2O2. The number of carbonyl (C=O) groups is 1. The van der Waals surface area contributed by atoms with Gasteiger partial charge in [0.25, 0.3) is 0 Å². The van der Waals surface area contributed by atoms with Crippen molar-refractivity contribution in [2.24, 2.45) is 5.10 Å². The summed E-state index contributed by atoms with van der Waals surface area (Å²) in [5.41, 5.74) is 2.82. The summed E-state index contributed by atoms with van der Waals surface area (Å²) in [4.78, 5) is 11.9. The normalized spacial score (nSPS) is 17.5. The molecule has 0 aliphatic carbocycles. The molecule has 3 rings (SSSR count). The molecule has 1 aliphatic heterocycles. The Morgan fingerprint density at radius 3 is 2.41 bits per heavy atom. The van der Waals surface area contributed by atoms with Crippen LogP contribution in [0.3, 0.4) is 0 Å². The molecule has 1 amide bonds. The van der Waals surface area contributed by atoms with Gasteiger partial charge < -0.3 is 5.11 Å². The molecule has 1 N–H and O–H groups in total. The van der Waals surface area contributed by atoms with Crippen molar-refractivity contribution in [3.63, 3.8) is 0 Å². The number of rotatable bonds is 2. The number of benzene rings is 2. The van der Waals surface area contributed by atoms with Crippen LogP contribution in [0.4, 0.5) is 0 Å². The van der Waals surface area contributed by atoms with Gasteiger partial charge in [-0.25, -0.2) is 5.01 Å². The minimum absolute atomic E-state index is 0.0818. The summed E-state index contributed by atoms with van der Waals surface area (Å²) in [6, 6.07) is 14.7. The largest absolute Gasteiger partial charge is 0.508 e. The smallest absolute Gasteiger partial charge is 0.240 e. The van der Waals surface area contributed by atoms with Gasteiger partial charge >= 0.3 is 0 Å². The molecule has 0 saturated carbocycles. The molecule has 22 heavy (non-hydrogen) atoms. The van der Waals surface area contributed by atoms with E-state index in [0.29, 0.717) is 6.42 Å². The summed E-state index contributed by atoms with van der Waals surface area (Å²) in [6.45, 7) is 1.52. The van der Waals surface area contributed by atoms with Gasteiger partial charge in [-0.05, 0) is 47.5 Å². The Morgan fingerprint density at radius 1 is 1.18 bits per heavy atom. The maximum absolute atomic E-state index is 11.9. The Kier molecular flexibility index (Phi) is 3.98. The predicted molar refractivity (Wildman–Crippen MR) is 88.7 cm³/mol. The van der Waals surface area contributed by atoms with Crippen LogP contribution in [0.5, 0.6) is 5.75 Å². The molecule has 2 aromatic carbocycles. The Balaban J connectivity index is 1.92. The molecule has 0 saturated heterocycles. The van der Waals surface area contributed by atoms with E-state index in [9.17, 15) is 9.90 Å². The highest BCUT2D eigenvalue weighted by Crippen LogP contribution is 2.33. The predicted octanol–water partition coefficient (Wildman–Crippen LogP) is 3.85. The van der Waals surface area contributed by atoms with Gasteiger partial charge in [-0.1, -0.05) is 28.1 Å². The number of aromatic hydroxyl groups is 1. The fourth-order valence-corrected chi connectivity index (χ4v) is 2.84. The van der Waals surface area contributed by atoms with Gasteiger partial charge in [-0.15, -0.1) is 0 Å². The second-order valence-electron chi connectivity index (χ2n) is 5.23. The van der Waals surface area contributed by atoms with Gasteiger partial charge in [0.15, 0.2) is 0 Å². The number of phenols is 1. The van der Waals surface area contributed by atoms with E-state index in [0.717, 1.165) is 21.3 Å². The lowest BCUT2D eigenvalue weighted by Crippen LogP contribution is -2.24. The molecule has 0 radical (unpaired) electrons. The van der Waals surface area contributed by atoms with Crippen molar-refractivity contribution in [2.75, 3.05) is 0 Å². The lowest BCUT2D eigenvalue weighted by molar-refractivity contribution is -0.130. The van der Waals surface area contributed by atoms with Gasteiger partial charge in [-0.2, -0.15) is 5.10 Å². The van der Waals surface area contributed by atoms with Crippen molar-refractivity contribution < 1.29 is 9.90 Å². The van der Waals surface area contributed by atoms with Crippen LogP contribution in [0.2, 0.25) is 0 Å². The van der Waals surface area contributed by atoms with Crippen LogP contribution in [0, 0.1) is 0 Å². The number of halogens is 1. The Morgan fingerprint density at radius 2 is 1.82 bits per heavy atom. The van der Waals surface area contributed by atoms with Crippen LogP contribution in [-0.2, 0) is 4.79 Å². The minimum Gasteiger partial charge on any atom is -0.508 e. The number of amides is 1. The molecule has 4 nitrogen and oxygen atoms in total. The Hall–Kier alpha value is -2.14. The minimum atomic E-state index is -0.0885. The van der Waals surface area contributed by atoms with Crippen LogP contribution >= 0.6 is 15.9 Å². The van der Waals surface area contributed by atoms with Crippen molar-refractivity contribution in [1.29, 1.82) is 0 Å². The number of phenolic OH excluding ortho intramolecular Hbond substituents is 1. The first-order valence-corrected chi connectivity index (χ1v) is 7.76. The van der Waals surface area contributed by atoms with Crippen LogP contribution in [0.25, 0.3) is 0 Å². The first kappa shape index (κ1) is 14.8. The van der Waals surface area contributed by atoms with Gasteiger partial charge in [-0.3, -0.25) is 4.79 Å². The average molecular weight is 359 g/mol. The zero-order chi connectivity index (χ0) is 15.7. The lowest BCUT2D eigenvalue weighted by Gasteiger charge is -2.20. The van der Waals surface area contributed by atoms with Crippen molar-refractivity contribution in [3.05, 3.63) is 64.1 Å². The summed E-state index contributed by atoms with van der Waals surface area (Å²) < 4.78 is 1.00. The molecule has 0 unspecified atom stereocenters. The molecule has 112 valence electrons. The SMILES string of the molecule is CC(=O)N1N=C(c2ccc(O)cc2)C[C@@H]1c1ccc(Br)cc1. The first-order chi connectivity index (χ1) is 10.5. The standard InChI is InChI=1S/C17H15BrN2O2/c1-11(21)20-17(13-2-6-14(18)7-3-13)10-16(19-20)12-4-8-15(22)9-5-12/h2-9,17,22H,10H2,1H3/t17-/m1/s1. The number of nitrogens with zero attached hydrogens (tertiary/aromatic N) is 2. The fourth-order valence-electron chi connectivity index (χ4n) is 2.57. The van der Waals surface area contributed by atoms with E-state index in [4.69, 9.17) is 0 Å². The fraction of sp³-hybridized carbons (Fsp3) is 0.176. The number of hydrogen-bond donors (Lipinski definition) is 1. The summed E-state index contributed by atoms with van der Waals surface area (Å²) in [5, 5.41) is 15.4. The second-order valence-corrected chi connectivity index (χ2v) is 6.14. The second kappa shape index (κ2) is 5.93. The average Bonchev–Trinajstić information content (AvgIpc) is 2.94. The van der Waals surface area contributed by atoms with Gasteiger partial charge in [0, 0.05) is 17.8 Å². The molecule has 1 aliphatic rings. The van der Waals surface area contributed by atoms with E-state index in [-0.39, 0.29) is 17.7 Å². The van der Waals surface area contributed by atoms with Gasteiger partial charge in [0.2, 0.25) is 5.91 Å². The monoisotopic (exact) mass is 358 g/mol. The quantitative estimate of drug-likeness (QED) is 0.886. The van der Waals surface area contributed by atoms with Crippen molar-refractivity contribution >= 4 is 27.5 Å². The molecule has 1 heterocycles. The molecule has 0 fully saturated rings. The molecule has 0 aromatic heterocycles. The summed E-state index contributed by atoms with van der Waals surface area (Å²) >= 11 is 3.42. The number of hydrazone groups is 1. The molecule has 1 atom stereocenters. The molecule has 0 spiro atoms. The number of hydrogen-bond acceptors (Lipinski definition) is 3. The summed E-state index contributed by atoms with van der Waals surface area (Å²) in [7, 11) is 0. The molecule has 0 bridgehead atoms. The number of carbonyl (C=O) groups excluding carboxylic acids is 1. The van der Waals surface area contributed by atoms with Crippen molar-refractivity contribution in [2.45, 2.75) is 19.4 Å². The van der Waals surface area contributed by atoms with Crippen molar-refractivity contribution in [1.82, 2.24) is 5.01 Å². The highest BCUT2D eigenvalue weighted by Gasteiger charge is 2.31. The van der Waals surface area contributed by atoms with Crippen LogP contribution < -0.4 is 0 Å². The third kappa shape index (κ3) is 2.90. The molecule has 2 aromatic rings. The van der Waals surface area contributed by atoms with E-state index in [1.807, 2.05) is 36.4 Å². The van der Waals surface area contributed by atoms with E-state index < -0.39 is 0 Å². The highest BCUT2D eigenvalue weighted by molar-refractivity contribution is 9.10. The van der Waals surface area contributed by atoms with E-state index >= 15 is 0 Å². The zero-order valence-corrected chi connectivity index (χ0v) is 13.6. The third-order valence-corrected chi connectivity index (χ3v) is 4.22. The third-order valence-electron chi connectivity index (χ3n) is 3.69. The Labute approximate surface area is 137 Å². The van der Waals surface area contributed by atoms with Gasteiger partial charge in [0.05, 0.1) is 11.8 Å². The lowest BCUT2D eigenvalue weighted by atomic mass is 9.98. The van der Waals surface area contributed by atoms with Crippen molar-refractivity contribution in [3.8, 4) is 5.75 Å². The molecule has 5 heteroatoms. The van der Waals surface area contributed by atoms with E-state index in [1.165, 1.54) is 11.9 Å². The first-order valence-electron chi connectivity index (χ1n) is 6.97. The maximum Gasteiger partial charge on any atom is 0.240 e. The van der Waals surface area contributed by atoms with Crippen LogP contribution in [0.1, 0.15) is 30.5 Å². The van der Waals surface area contributed by atoms with Crippen LogP contribution in [0.15, 0.2) is 58.1 Å². The summed E-state index contributed by atoms with van der Waals surface area (Å²) in [6.07, 6.45) is 0.659. The van der Waals surface area contributed by atoms with E-state index in [1.54, 1.807) is 12.1 Å². The highest BCUT2D eigenvalue weighted by atomic mass is 79.9. The topological polar surface area (TPSA) is 52.9 Å². The Bertz CT molecular complexity index is 723. The van der Waals surface area contributed by atoms with E-state index in [2.05, 4.69) is 21.0 Å². The van der Waals surface area contributed by atoms with Gasteiger partial charge in [0.1, 0.15) is 5.75 Å². The zero-order valence-electron chi connectivity index (χ0n) is 12.0.